The summed E-state index contributed by atoms with van der Waals surface area (Å²) < 4.78 is 0. The van der Waals surface area contributed by atoms with Gasteiger partial charge in [0.25, 0.3) is 0 Å². The van der Waals surface area contributed by atoms with Crippen LogP contribution in [0.1, 0.15) is 25.3 Å². The highest BCUT2D eigenvalue weighted by Crippen LogP contribution is 2.20. The number of rotatable bonds is 6. The van der Waals surface area contributed by atoms with Crippen molar-refractivity contribution in [2.45, 2.75) is 19.8 Å². The van der Waals surface area contributed by atoms with Crippen molar-refractivity contribution in [2.75, 3.05) is 17.2 Å². The molecule has 0 fully saturated rings. The van der Waals surface area contributed by atoms with Gasteiger partial charge in [-0.3, -0.25) is 0 Å². The molecule has 0 atom stereocenters. The number of nitrogens with zero attached hydrogens (tertiary/aromatic N) is 2. The third-order valence-electron chi connectivity index (χ3n) is 2.94. The number of aromatic nitrogens is 2. The molecule has 2 N–H and O–H groups in total. The van der Waals surface area contributed by atoms with Crippen molar-refractivity contribution >= 4 is 17.3 Å². The summed E-state index contributed by atoms with van der Waals surface area (Å²) >= 11 is 0. The lowest BCUT2D eigenvalue weighted by Crippen LogP contribution is -2.02. The van der Waals surface area contributed by atoms with Crippen molar-refractivity contribution in [3.05, 3.63) is 54.9 Å². The van der Waals surface area contributed by atoms with E-state index in [2.05, 4.69) is 65.3 Å². The van der Waals surface area contributed by atoms with Crippen molar-refractivity contribution in [3.8, 4) is 0 Å². The molecule has 20 heavy (non-hydrogen) atoms. The molecule has 4 nitrogen and oxygen atoms in total. The number of anilines is 3. The first-order valence-electron chi connectivity index (χ1n) is 6.73. The van der Waals surface area contributed by atoms with Crippen molar-refractivity contribution in [1.29, 1.82) is 0 Å². The van der Waals surface area contributed by atoms with Crippen LogP contribution < -0.4 is 10.6 Å². The average molecular weight is 268 g/mol. The summed E-state index contributed by atoms with van der Waals surface area (Å²) in [6, 6.07) is 10.3. The van der Waals surface area contributed by atoms with Crippen LogP contribution in [-0.2, 0) is 0 Å². The summed E-state index contributed by atoms with van der Waals surface area (Å²) in [5.41, 5.74) is 2.34. The van der Waals surface area contributed by atoms with E-state index in [-0.39, 0.29) is 0 Å². The highest BCUT2D eigenvalue weighted by atomic mass is 15.1. The monoisotopic (exact) mass is 268 g/mol. The Kier molecular flexibility index (Phi) is 4.71. The molecule has 0 aliphatic heterocycles. The fourth-order valence-electron chi connectivity index (χ4n) is 1.80. The van der Waals surface area contributed by atoms with Gasteiger partial charge < -0.3 is 10.6 Å². The largest absolute Gasteiger partial charge is 0.366 e. The van der Waals surface area contributed by atoms with Crippen LogP contribution in [0.25, 0.3) is 0 Å². The van der Waals surface area contributed by atoms with E-state index in [1.165, 1.54) is 11.9 Å². The van der Waals surface area contributed by atoms with Crippen molar-refractivity contribution < 1.29 is 0 Å². The second-order valence-corrected chi connectivity index (χ2v) is 4.86. The molecule has 1 aromatic heterocycles. The molecule has 0 bridgehead atoms. The van der Waals surface area contributed by atoms with E-state index in [0.29, 0.717) is 12.5 Å². The Bertz CT molecular complexity index is 561. The van der Waals surface area contributed by atoms with Crippen LogP contribution in [0.5, 0.6) is 0 Å². The Labute approximate surface area is 120 Å². The molecule has 0 aliphatic rings. The van der Waals surface area contributed by atoms with Crippen molar-refractivity contribution in [2.24, 2.45) is 0 Å². The van der Waals surface area contributed by atoms with Crippen LogP contribution in [0.2, 0.25) is 0 Å². The van der Waals surface area contributed by atoms with Gasteiger partial charge in [0, 0.05) is 18.3 Å². The summed E-state index contributed by atoms with van der Waals surface area (Å²) in [6.07, 6.45) is 3.33. The molecule has 0 amide bonds. The molecular formula is C16H20N4. The molecule has 0 aliphatic carbocycles. The summed E-state index contributed by atoms with van der Waals surface area (Å²) in [7, 11) is 0. The molecule has 0 spiro atoms. The zero-order valence-electron chi connectivity index (χ0n) is 11.9. The summed E-state index contributed by atoms with van der Waals surface area (Å²) in [4.78, 5) is 8.36. The third-order valence-corrected chi connectivity index (χ3v) is 2.94. The molecule has 4 heteroatoms. The van der Waals surface area contributed by atoms with E-state index in [9.17, 15) is 0 Å². The van der Waals surface area contributed by atoms with Gasteiger partial charge >= 0.3 is 0 Å². The Morgan fingerprint density at radius 1 is 1.15 bits per heavy atom. The maximum Gasteiger partial charge on any atom is 0.135 e. The fourth-order valence-corrected chi connectivity index (χ4v) is 1.80. The second kappa shape index (κ2) is 6.70. The van der Waals surface area contributed by atoms with Gasteiger partial charge in [-0.15, -0.1) is 6.58 Å². The predicted octanol–water partition coefficient (Wildman–Crippen LogP) is 3.94. The van der Waals surface area contributed by atoms with Gasteiger partial charge in [-0.25, -0.2) is 9.97 Å². The lowest BCUT2D eigenvalue weighted by Gasteiger charge is -2.09. The maximum absolute atomic E-state index is 4.21. The van der Waals surface area contributed by atoms with Gasteiger partial charge in [0.1, 0.15) is 18.0 Å². The number of benzene rings is 1. The SMILES string of the molecule is C=CCNc1cc(Nc2ccc(C(C)C)cc2)ncn1. The zero-order chi connectivity index (χ0) is 14.4. The van der Waals surface area contributed by atoms with Crippen LogP contribution in [0.15, 0.2) is 49.3 Å². The Balaban J connectivity index is 2.07. The Hall–Kier alpha value is -2.36. The average Bonchev–Trinajstić information content (AvgIpc) is 2.46. The van der Waals surface area contributed by atoms with E-state index in [1.807, 2.05) is 6.07 Å². The van der Waals surface area contributed by atoms with E-state index in [4.69, 9.17) is 0 Å². The predicted molar refractivity (Wildman–Crippen MR) is 84.5 cm³/mol. The molecule has 0 radical (unpaired) electrons. The lowest BCUT2D eigenvalue weighted by atomic mass is 10.0. The minimum atomic E-state index is 0.540. The normalized spacial score (nSPS) is 10.3. The van der Waals surface area contributed by atoms with Crippen LogP contribution in [0.4, 0.5) is 17.3 Å². The van der Waals surface area contributed by atoms with Gasteiger partial charge in [-0.2, -0.15) is 0 Å². The van der Waals surface area contributed by atoms with Crippen molar-refractivity contribution in [1.82, 2.24) is 9.97 Å². The van der Waals surface area contributed by atoms with Crippen LogP contribution in [0, 0.1) is 0 Å². The van der Waals surface area contributed by atoms with Crippen LogP contribution in [0.3, 0.4) is 0 Å². The Morgan fingerprint density at radius 3 is 2.50 bits per heavy atom. The maximum atomic E-state index is 4.21. The number of hydrogen-bond acceptors (Lipinski definition) is 4. The molecule has 1 aromatic carbocycles. The molecule has 2 rings (SSSR count). The van der Waals surface area contributed by atoms with Gasteiger partial charge in [-0.1, -0.05) is 32.1 Å². The minimum absolute atomic E-state index is 0.540. The number of hydrogen-bond donors (Lipinski definition) is 2. The lowest BCUT2D eigenvalue weighted by molar-refractivity contribution is 0.867. The third kappa shape index (κ3) is 3.82. The van der Waals surface area contributed by atoms with Crippen LogP contribution in [-0.4, -0.2) is 16.5 Å². The first-order chi connectivity index (χ1) is 9.69. The smallest absolute Gasteiger partial charge is 0.135 e. The first kappa shape index (κ1) is 14.1. The van der Waals surface area contributed by atoms with E-state index >= 15 is 0 Å². The first-order valence-corrected chi connectivity index (χ1v) is 6.73. The second-order valence-electron chi connectivity index (χ2n) is 4.86. The molecule has 104 valence electrons. The summed E-state index contributed by atoms with van der Waals surface area (Å²) in [5.74, 6) is 2.09. The van der Waals surface area contributed by atoms with Gasteiger partial charge in [0.2, 0.25) is 0 Å². The fraction of sp³-hybridized carbons (Fsp3) is 0.250. The van der Waals surface area contributed by atoms with Crippen molar-refractivity contribution in [3.63, 3.8) is 0 Å². The topological polar surface area (TPSA) is 49.8 Å². The van der Waals surface area contributed by atoms with Gasteiger partial charge in [0.15, 0.2) is 0 Å². The number of nitrogens with one attached hydrogen (secondary N) is 2. The minimum Gasteiger partial charge on any atom is -0.366 e. The van der Waals surface area contributed by atoms with E-state index in [0.717, 1.165) is 17.3 Å². The standard InChI is InChI=1S/C16H20N4/c1-4-9-17-15-10-16(19-11-18-15)20-14-7-5-13(6-8-14)12(2)3/h4-8,10-12H,1,9H2,2-3H3,(H2,17,18,19,20). The van der Waals surface area contributed by atoms with Gasteiger partial charge in [0.05, 0.1) is 0 Å². The Morgan fingerprint density at radius 2 is 1.85 bits per heavy atom. The quantitative estimate of drug-likeness (QED) is 0.779. The molecular weight excluding hydrogens is 248 g/mol. The molecule has 2 aromatic rings. The molecule has 1 heterocycles. The van der Waals surface area contributed by atoms with Crippen LogP contribution >= 0.6 is 0 Å². The van der Waals surface area contributed by atoms with E-state index in [1.54, 1.807) is 6.08 Å². The zero-order valence-corrected chi connectivity index (χ0v) is 11.9. The molecule has 0 unspecified atom stereocenters. The van der Waals surface area contributed by atoms with E-state index < -0.39 is 0 Å². The molecule has 0 saturated carbocycles. The summed E-state index contributed by atoms with van der Waals surface area (Å²) in [6.45, 7) is 8.72. The van der Waals surface area contributed by atoms with Gasteiger partial charge in [-0.05, 0) is 23.6 Å². The highest BCUT2D eigenvalue weighted by Gasteiger charge is 2.01. The summed E-state index contributed by atoms with van der Waals surface area (Å²) in [5, 5.41) is 6.41. The molecule has 0 saturated heterocycles. The highest BCUT2D eigenvalue weighted by molar-refractivity contribution is 5.59.